The average Bonchev–Trinajstić information content (AvgIpc) is 2.40. The maximum absolute atomic E-state index is 8.46. The molecule has 1 aromatic carbocycles. The number of anilines is 1. The molecule has 1 N–H and O–H groups in total. The maximum atomic E-state index is 8.46. The van der Waals surface area contributed by atoms with E-state index in [4.69, 9.17) is 14.7 Å². The van der Waals surface area contributed by atoms with Gasteiger partial charge >= 0.3 is 0 Å². The van der Waals surface area contributed by atoms with E-state index in [9.17, 15) is 0 Å². The molecule has 1 aromatic rings. The number of rotatable bonds is 7. The summed E-state index contributed by atoms with van der Waals surface area (Å²) in [7, 11) is 0. The van der Waals surface area contributed by atoms with Crippen LogP contribution < -0.4 is 10.1 Å². The number of nitriles is 1. The van der Waals surface area contributed by atoms with Gasteiger partial charge in [0.2, 0.25) is 0 Å². The van der Waals surface area contributed by atoms with Gasteiger partial charge in [-0.25, -0.2) is 0 Å². The standard InChI is InChI=1S/C15H20N2O2/c1-15(11-18-12-15)10-17-13-5-4-6-14(9-13)19-8-3-2-7-16/h4-6,9,17H,2-3,8,10-12H2,1H3. The van der Waals surface area contributed by atoms with Crippen LogP contribution in [0, 0.1) is 16.7 Å². The zero-order chi connectivity index (χ0) is 13.6. The number of unbranched alkanes of at least 4 members (excludes halogenated alkanes) is 1. The fourth-order valence-corrected chi connectivity index (χ4v) is 1.91. The Labute approximate surface area is 114 Å². The molecule has 1 saturated heterocycles. The molecule has 0 spiro atoms. The van der Waals surface area contributed by atoms with Crippen molar-refractivity contribution >= 4 is 5.69 Å². The van der Waals surface area contributed by atoms with Gasteiger partial charge < -0.3 is 14.8 Å². The van der Waals surface area contributed by atoms with Gasteiger partial charge in [-0.15, -0.1) is 0 Å². The first-order chi connectivity index (χ1) is 9.22. The maximum Gasteiger partial charge on any atom is 0.121 e. The van der Waals surface area contributed by atoms with Crippen molar-refractivity contribution in [1.29, 1.82) is 5.26 Å². The van der Waals surface area contributed by atoms with Crippen molar-refractivity contribution in [1.82, 2.24) is 0 Å². The Bertz CT molecular complexity index is 450. The summed E-state index contributed by atoms with van der Waals surface area (Å²) in [4.78, 5) is 0. The summed E-state index contributed by atoms with van der Waals surface area (Å²) in [6.45, 7) is 5.36. The zero-order valence-electron chi connectivity index (χ0n) is 11.3. The molecule has 0 radical (unpaired) electrons. The van der Waals surface area contributed by atoms with Gasteiger partial charge in [0.25, 0.3) is 0 Å². The van der Waals surface area contributed by atoms with E-state index in [-0.39, 0.29) is 5.41 Å². The highest BCUT2D eigenvalue weighted by Gasteiger charge is 2.32. The minimum Gasteiger partial charge on any atom is -0.493 e. The van der Waals surface area contributed by atoms with Crippen molar-refractivity contribution in [3.8, 4) is 11.8 Å². The normalized spacial score (nSPS) is 16.2. The van der Waals surface area contributed by atoms with Gasteiger partial charge in [-0.3, -0.25) is 0 Å². The van der Waals surface area contributed by atoms with E-state index in [1.165, 1.54) is 0 Å². The summed E-state index contributed by atoms with van der Waals surface area (Å²) in [6, 6.07) is 10.0. The smallest absolute Gasteiger partial charge is 0.121 e. The van der Waals surface area contributed by atoms with Crippen LogP contribution in [0.15, 0.2) is 24.3 Å². The lowest BCUT2D eigenvalue weighted by molar-refractivity contribution is -0.0924. The van der Waals surface area contributed by atoms with E-state index in [1.54, 1.807) is 0 Å². The molecule has 0 aliphatic carbocycles. The molecule has 1 aliphatic heterocycles. The lowest BCUT2D eigenvalue weighted by atomic mass is 9.89. The van der Waals surface area contributed by atoms with Crippen LogP contribution in [0.4, 0.5) is 5.69 Å². The predicted molar refractivity (Wildman–Crippen MR) is 74.2 cm³/mol. The van der Waals surface area contributed by atoms with Crippen molar-refractivity contribution in [2.45, 2.75) is 19.8 Å². The molecular weight excluding hydrogens is 240 g/mol. The monoisotopic (exact) mass is 260 g/mol. The van der Waals surface area contributed by atoms with Crippen LogP contribution in [-0.4, -0.2) is 26.4 Å². The first-order valence-electron chi connectivity index (χ1n) is 6.63. The highest BCUT2D eigenvalue weighted by molar-refractivity contribution is 5.48. The van der Waals surface area contributed by atoms with Crippen LogP contribution in [0.3, 0.4) is 0 Å². The molecule has 1 aliphatic rings. The molecule has 102 valence electrons. The van der Waals surface area contributed by atoms with Gasteiger partial charge in [-0.1, -0.05) is 13.0 Å². The first kappa shape index (κ1) is 13.7. The van der Waals surface area contributed by atoms with Crippen LogP contribution in [0.1, 0.15) is 19.8 Å². The largest absolute Gasteiger partial charge is 0.493 e. The Kier molecular flexibility index (Phi) is 4.64. The highest BCUT2D eigenvalue weighted by Crippen LogP contribution is 2.27. The van der Waals surface area contributed by atoms with Crippen LogP contribution in [0.25, 0.3) is 0 Å². The van der Waals surface area contributed by atoms with Crippen molar-refractivity contribution < 1.29 is 9.47 Å². The van der Waals surface area contributed by atoms with Gasteiger partial charge in [-0.05, 0) is 18.6 Å². The fourth-order valence-electron chi connectivity index (χ4n) is 1.91. The third-order valence-corrected chi connectivity index (χ3v) is 3.16. The van der Waals surface area contributed by atoms with Gasteiger partial charge in [0.15, 0.2) is 0 Å². The number of hydrogen-bond donors (Lipinski definition) is 1. The zero-order valence-corrected chi connectivity index (χ0v) is 11.3. The van der Waals surface area contributed by atoms with Crippen molar-refractivity contribution in [3.63, 3.8) is 0 Å². The van der Waals surface area contributed by atoms with Crippen LogP contribution >= 0.6 is 0 Å². The number of benzene rings is 1. The molecule has 0 saturated carbocycles. The number of hydrogen-bond acceptors (Lipinski definition) is 4. The number of ether oxygens (including phenoxy) is 2. The van der Waals surface area contributed by atoms with Gasteiger partial charge in [0.05, 0.1) is 25.9 Å². The van der Waals surface area contributed by atoms with Crippen molar-refractivity contribution in [2.75, 3.05) is 31.7 Å². The summed E-state index contributed by atoms with van der Waals surface area (Å²) in [6.07, 6.45) is 1.31. The lowest BCUT2D eigenvalue weighted by Crippen LogP contribution is -2.45. The molecule has 0 unspecified atom stereocenters. The second kappa shape index (κ2) is 6.44. The molecule has 4 nitrogen and oxygen atoms in total. The lowest BCUT2D eigenvalue weighted by Gasteiger charge is -2.38. The van der Waals surface area contributed by atoms with Gasteiger partial charge in [-0.2, -0.15) is 5.26 Å². The summed E-state index contributed by atoms with van der Waals surface area (Å²) >= 11 is 0. The van der Waals surface area contributed by atoms with E-state index in [0.29, 0.717) is 13.0 Å². The van der Waals surface area contributed by atoms with Crippen molar-refractivity contribution in [2.24, 2.45) is 5.41 Å². The van der Waals surface area contributed by atoms with E-state index < -0.39 is 0 Å². The Morgan fingerprint density at radius 1 is 1.47 bits per heavy atom. The number of nitrogens with one attached hydrogen (secondary N) is 1. The third kappa shape index (κ3) is 4.15. The quantitative estimate of drug-likeness (QED) is 0.766. The molecule has 19 heavy (non-hydrogen) atoms. The number of nitrogens with zero attached hydrogens (tertiary/aromatic N) is 1. The summed E-state index contributed by atoms with van der Waals surface area (Å²) in [5, 5.41) is 11.9. The van der Waals surface area contributed by atoms with E-state index in [1.807, 2.05) is 24.3 Å². The molecule has 0 amide bonds. The third-order valence-electron chi connectivity index (χ3n) is 3.16. The Hall–Kier alpha value is -1.73. The van der Waals surface area contributed by atoms with Crippen LogP contribution in [0.5, 0.6) is 5.75 Å². The molecular formula is C15H20N2O2. The predicted octanol–water partition coefficient (Wildman–Crippen LogP) is 2.82. The fraction of sp³-hybridized carbons (Fsp3) is 0.533. The molecule has 4 heteroatoms. The van der Waals surface area contributed by atoms with E-state index in [2.05, 4.69) is 18.3 Å². The molecule has 0 atom stereocenters. The summed E-state index contributed by atoms with van der Waals surface area (Å²) < 4.78 is 10.8. The molecule has 0 aromatic heterocycles. The van der Waals surface area contributed by atoms with Crippen molar-refractivity contribution in [3.05, 3.63) is 24.3 Å². The second-order valence-corrected chi connectivity index (χ2v) is 5.29. The topological polar surface area (TPSA) is 54.3 Å². The van der Waals surface area contributed by atoms with Gasteiger partial charge in [0.1, 0.15) is 5.75 Å². The van der Waals surface area contributed by atoms with E-state index in [0.717, 1.165) is 37.6 Å². The van der Waals surface area contributed by atoms with Crippen LogP contribution in [-0.2, 0) is 4.74 Å². The van der Waals surface area contributed by atoms with E-state index >= 15 is 0 Å². The highest BCUT2D eigenvalue weighted by atomic mass is 16.5. The Morgan fingerprint density at radius 2 is 2.32 bits per heavy atom. The Morgan fingerprint density at radius 3 is 3.00 bits per heavy atom. The first-order valence-corrected chi connectivity index (χ1v) is 6.63. The molecule has 1 heterocycles. The SMILES string of the molecule is CC1(CNc2cccc(OCCCC#N)c2)COC1. The second-order valence-electron chi connectivity index (χ2n) is 5.29. The Balaban J connectivity index is 1.79. The molecule has 0 bridgehead atoms. The molecule has 2 rings (SSSR count). The average molecular weight is 260 g/mol. The minimum atomic E-state index is 0.254. The summed E-state index contributed by atoms with van der Waals surface area (Å²) in [5.41, 5.74) is 1.31. The summed E-state index contributed by atoms with van der Waals surface area (Å²) in [5.74, 6) is 0.845. The molecule has 1 fully saturated rings. The van der Waals surface area contributed by atoms with Crippen LogP contribution in [0.2, 0.25) is 0 Å². The van der Waals surface area contributed by atoms with Gasteiger partial charge in [0, 0.05) is 30.1 Å². The minimum absolute atomic E-state index is 0.254.